The predicted molar refractivity (Wildman–Crippen MR) is 78.5 cm³/mol. The standard InChI is InChI=1S/C16H23N3/c1-16(2,3)19-8-5-13(6-9-19)14-4-7-18-12-17-11-15(18)10-14/h4,7,10-13H,5-6,8-9H2,1-3H3. The fourth-order valence-corrected chi connectivity index (χ4v) is 3.07. The van der Waals surface area contributed by atoms with Crippen LogP contribution in [0.1, 0.15) is 45.1 Å². The molecule has 1 fully saturated rings. The Hall–Kier alpha value is -1.35. The van der Waals surface area contributed by atoms with Crippen molar-refractivity contribution in [1.29, 1.82) is 0 Å². The highest BCUT2D eigenvalue weighted by Crippen LogP contribution is 2.31. The van der Waals surface area contributed by atoms with E-state index >= 15 is 0 Å². The van der Waals surface area contributed by atoms with Crippen LogP contribution >= 0.6 is 0 Å². The number of piperidine rings is 1. The first-order chi connectivity index (χ1) is 9.04. The molecule has 0 aromatic carbocycles. The molecule has 3 rings (SSSR count). The van der Waals surface area contributed by atoms with E-state index in [4.69, 9.17) is 0 Å². The zero-order valence-corrected chi connectivity index (χ0v) is 12.1. The van der Waals surface area contributed by atoms with Crippen molar-refractivity contribution < 1.29 is 0 Å². The number of likely N-dealkylation sites (tertiary alicyclic amines) is 1. The van der Waals surface area contributed by atoms with Crippen molar-refractivity contribution in [1.82, 2.24) is 14.3 Å². The van der Waals surface area contributed by atoms with E-state index in [0.29, 0.717) is 11.5 Å². The zero-order valence-electron chi connectivity index (χ0n) is 12.1. The average Bonchev–Trinajstić information content (AvgIpc) is 2.85. The smallest absolute Gasteiger partial charge is 0.0991 e. The molecule has 19 heavy (non-hydrogen) atoms. The maximum Gasteiger partial charge on any atom is 0.0991 e. The van der Waals surface area contributed by atoms with Gasteiger partial charge in [-0.25, -0.2) is 4.98 Å². The number of imidazole rings is 1. The molecule has 2 aromatic heterocycles. The van der Waals surface area contributed by atoms with Gasteiger partial charge in [0, 0.05) is 11.7 Å². The fraction of sp³-hybridized carbons (Fsp3) is 0.562. The van der Waals surface area contributed by atoms with Gasteiger partial charge in [0.1, 0.15) is 0 Å². The third-order valence-electron chi connectivity index (χ3n) is 4.35. The first kappa shape index (κ1) is 12.7. The first-order valence-electron chi connectivity index (χ1n) is 7.21. The Labute approximate surface area is 115 Å². The third kappa shape index (κ3) is 2.52. The molecule has 0 aliphatic carbocycles. The summed E-state index contributed by atoms with van der Waals surface area (Å²) in [7, 11) is 0. The van der Waals surface area contributed by atoms with Crippen LogP contribution in [0.25, 0.3) is 5.52 Å². The highest BCUT2D eigenvalue weighted by molar-refractivity contribution is 5.47. The van der Waals surface area contributed by atoms with Crippen LogP contribution < -0.4 is 0 Å². The largest absolute Gasteiger partial charge is 0.306 e. The molecule has 0 bridgehead atoms. The molecule has 1 aliphatic rings. The normalized spacial score (nSPS) is 19.1. The molecule has 1 saturated heterocycles. The molecule has 2 aromatic rings. The van der Waals surface area contributed by atoms with E-state index in [1.54, 1.807) is 0 Å². The van der Waals surface area contributed by atoms with Gasteiger partial charge >= 0.3 is 0 Å². The second kappa shape index (κ2) is 4.64. The van der Waals surface area contributed by atoms with Crippen molar-refractivity contribution in [2.24, 2.45) is 0 Å². The SMILES string of the molecule is CC(C)(C)N1CCC(c2ccn3cncc3c2)CC1. The van der Waals surface area contributed by atoms with E-state index in [-0.39, 0.29) is 0 Å². The van der Waals surface area contributed by atoms with E-state index in [2.05, 4.69) is 53.4 Å². The van der Waals surface area contributed by atoms with E-state index < -0.39 is 0 Å². The minimum atomic E-state index is 0.306. The van der Waals surface area contributed by atoms with Gasteiger partial charge in [0.25, 0.3) is 0 Å². The van der Waals surface area contributed by atoms with Gasteiger partial charge in [0.15, 0.2) is 0 Å². The summed E-state index contributed by atoms with van der Waals surface area (Å²) in [5.41, 5.74) is 2.98. The van der Waals surface area contributed by atoms with Crippen molar-refractivity contribution in [2.45, 2.75) is 45.1 Å². The Kier molecular flexibility index (Phi) is 3.09. The highest BCUT2D eigenvalue weighted by Gasteiger charge is 2.27. The summed E-state index contributed by atoms with van der Waals surface area (Å²) in [4.78, 5) is 6.78. The number of fused-ring (bicyclic) bond motifs is 1. The third-order valence-corrected chi connectivity index (χ3v) is 4.35. The van der Waals surface area contributed by atoms with Gasteiger partial charge in [0.2, 0.25) is 0 Å². The lowest BCUT2D eigenvalue weighted by atomic mass is 9.88. The van der Waals surface area contributed by atoms with Crippen LogP contribution in [0.2, 0.25) is 0 Å². The van der Waals surface area contributed by atoms with E-state index in [1.165, 1.54) is 37.0 Å². The first-order valence-corrected chi connectivity index (χ1v) is 7.21. The van der Waals surface area contributed by atoms with Crippen molar-refractivity contribution in [3.8, 4) is 0 Å². The van der Waals surface area contributed by atoms with Crippen molar-refractivity contribution in [3.05, 3.63) is 36.4 Å². The van der Waals surface area contributed by atoms with Crippen LogP contribution in [-0.2, 0) is 0 Å². The minimum absolute atomic E-state index is 0.306. The van der Waals surface area contributed by atoms with Crippen LogP contribution in [-0.4, -0.2) is 32.9 Å². The van der Waals surface area contributed by atoms with Gasteiger partial charge in [-0.1, -0.05) is 0 Å². The molecular formula is C16H23N3. The molecule has 102 valence electrons. The summed E-state index contributed by atoms with van der Waals surface area (Å²) in [5.74, 6) is 0.707. The lowest BCUT2D eigenvalue weighted by Crippen LogP contribution is -2.45. The van der Waals surface area contributed by atoms with Gasteiger partial charge in [-0.15, -0.1) is 0 Å². The Morgan fingerprint density at radius 2 is 1.95 bits per heavy atom. The number of pyridine rings is 1. The van der Waals surface area contributed by atoms with Gasteiger partial charge in [-0.2, -0.15) is 0 Å². The highest BCUT2D eigenvalue weighted by atomic mass is 15.2. The fourth-order valence-electron chi connectivity index (χ4n) is 3.07. The van der Waals surface area contributed by atoms with E-state index in [1.807, 2.05) is 12.5 Å². The molecule has 3 nitrogen and oxygen atoms in total. The summed E-state index contributed by atoms with van der Waals surface area (Å²) in [6, 6.07) is 4.55. The predicted octanol–water partition coefficient (Wildman–Crippen LogP) is 3.31. The summed E-state index contributed by atoms with van der Waals surface area (Å²) < 4.78 is 2.08. The zero-order chi connectivity index (χ0) is 13.5. The van der Waals surface area contributed by atoms with Gasteiger partial charge in [-0.3, -0.25) is 4.90 Å². The van der Waals surface area contributed by atoms with Crippen molar-refractivity contribution in [3.63, 3.8) is 0 Å². The lowest BCUT2D eigenvalue weighted by Gasteiger charge is -2.41. The van der Waals surface area contributed by atoms with Gasteiger partial charge in [-0.05, 0) is 70.3 Å². The number of rotatable bonds is 1. The summed E-state index contributed by atoms with van der Waals surface area (Å²) in [6.07, 6.45) is 8.46. The van der Waals surface area contributed by atoms with Crippen LogP contribution in [0, 0.1) is 0 Å². The molecule has 1 aliphatic heterocycles. The Bertz CT molecular complexity index is 557. The molecule has 0 amide bonds. The van der Waals surface area contributed by atoms with E-state index in [9.17, 15) is 0 Å². The van der Waals surface area contributed by atoms with Crippen LogP contribution in [0.5, 0.6) is 0 Å². The van der Waals surface area contributed by atoms with E-state index in [0.717, 1.165) is 0 Å². The molecular weight excluding hydrogens is 234 g/mol. The van der Waals surface area contributed by atoms with Crippen molar-refractivity contribution >= 4 is 5.52 Å². The summed E-state index contributed by atoms with van der Waals surface area (Å²) in [6.45, 7) is 9.35. The molecule has 0 N–H and O–H groups in total. The Balaban J connectivity index is 1.74. The molecule has 0 spiro atoms. The summed E-state index contributed by atoms with van der Waals surface area (Å²) >= 11 is 0. The topological polar surface area (TPSA) is 20.5 Å². The monoisotopic (exact) mass is 257 g/mol. The summed E-state index contributed by atoms with van der Waals surface area (Å²) in [5, 5.41) is 0. The quantitative estimate of drug-likeness (QED) is 0.781. The van der Waals surface area contributed by atoms with Gasteiger partial charge < -0.3 is 4.40 Å². The molecule has 0 atom stereocenters. The average molecular weight is 257 g/mol. The maximum atomic E-state index is 4.19. The molecule has 0 saturated carbocycles. The molecule has 0 radical (unpaired) electrons. The number of aromatic nitrogens is 2. The Morgan fingerprint density at radius 3 is 2.63 bits per heavy atom. The maximum absolute atomic E-state index is 4.19. The molecule has 3 heterocycles. The van der Waals surface area contributed by atoms with Crippen LogP contribution in [0.3, 0.4) is 0 Å². The minimum Gasteiger partial charge on any atom is -0.306 e. The number of hydrogen-bond donors (Lipinski definition) is 0. The Morgan fingerprint density at radius 1 is 1.21 bits per heavy atom. The van der Waals surface area contributed by atoms with Crippen molar-refractivity contribution in [2.75, 3.05) is 13.1 Å². The second-order valence-corrected chi connectivity index (χ2v) is 6.62. The lowest BCUT2D eigenvalue weighted by molar-refractivity contribution is 0.102. The van der Waals surface area contributed by atoms with Gasteiger partial charge in [0.05, 0.1) is 18.0 Å². The van der Waals surface area contributed by atoms with Crippen LogP contribution in [0.15, 0.2) is 30.9 Å². The molecule has 3 heteroatoms. The molecule has 0 unspecified atom stereocenters. The van der Waals surface area contributed by atoms with Crippen LogP contribution in [0.4, 0.5) is 0 Å². The number of hydrogen-bond acceptors (Lipinski definition) is 2. The number of nitrogens with zero attached hydrogens (tertiary/aromatic N) is 3. The second-order valence-electron chi connectivity index (χ2n) is 6.62.